The number of hydrogen-bond acceptors (Lipinski definition) is 2. The first kappa shape index (κ1) is 11.3. The molecule has 0 amide bonds. The normalized spacial score (nSPS) is 10.1. The first-order valence-electron chi connectivity index (χ1n) is 4.79. The maximum absolute atomic E-state index is 5.73. The minimum Gasteiger partial charge on any atom is -0.491 e. The molecule has 0 saturated heterocycles. The van der Waals surface area contributed by atoms with Gasteiger partial charge in [0.25, 0.3) is 0 Å². The summed E-state index contributed by atoms with van der Waals surface area (Å²) in [7, 11) is 0. The minimum absolute atomic E-state index is 0.585. The third-order valence-electron chi connectivity index (χ3n) is 1.66. The number of ether oxygens (including phenoxy) is 2. The largest absolute Gasteiger partial charge is 0.491 e. The molecule has 0 saturated carbocycles. The lowest BCUT2D eigenvalue weighted by atomic mass is 10.3. The molecule has 0 N–H and O–H groups in total. The van der Waals surface area contributed by atoms with Gasteiger partial charge in [-0.1, -0.05) is 18.5 Å². The van der Waals surface area contributed by atoms with Crippen LogP contribution in [0.2, 0.25) is 5.02 Å². The van der Waals surface area contributed by atoms with E-state index in [1.807, 2.05) is 24.3 Å². The van der Waals surface area contributed by atoms with Crippen molar-refractivity contribution in [3.63, 3.8) is 0 Å². The molecule has 1 aromatic carbocycles. The maximum Gasteiger partial charge on any atom is 0.119 e. The van der Waals surface area contributed by atoms with Gasteiger partial charge in [-0.15, -0.1) is 0 Å². The quantitative estimate of drug-likeness (QED) is 0.678. The van der Waals surface area contributed by atoms with Crippen molar-refractivity contribution in [3.05, 3.63) is 29.3 Å². The lowest BCUT2D eigenvalue weighted by molar-refractivity contribution is 0.101. The highest BCUT2D eigenvalue weighted by Gasteiger charge is 1.93. The van der Waals surface area contributed by atoms with Crippen LogP contribution in [0, 0.1) is 0 Å². The Bertz CT molecular complexity index is 246. The van der Waals surface area contributed by atoms with E-state index in [2.05, 4.69) is 6.92 Å². The van der Waals surface area contributed by atoms with Gasteiger partial charge < -0.3 is 9.47 Å². The van der Waals surface area contributed by atoms with E-state index in [-0.39, 0.29) is 0 Å². The molecule has 0 aliphatic rings. The summed E-state index contributed by atoms with van der Waals surface area (Å²) in [6, 6.07) is 7.32. The van der Waals surface area contributed by atoms with Gasteiger partial charge in [-0.05, 0) is 30.7 Å². The van der Waals surface area contributed by atoms with Crippen molar-refractivity contribution in [1.82, 2.24) is 0 Å². The average Bonchev–Trinajstić information content (AvgIpc) is 2.21. The van der Waals surface area contributed by atoms with Gasteiger partial charge in [-0.3, -0.25) is 0 Å². The molecule has 78 valence electrons. The van der Waals surface area contributed by atoms with Gasteiger partial charge in [0.05, 0.1) is 6.61 Å². The van der Waals surface area contributed by atoms with Gasteiger partial charge in [0, 0.05) is 11.6 Å². The smallest absolute Gasteiger partial charge is 0.119 e. The summed E-state index contributed by atoms with van der Waals surface area (Å²) in [5.41, 5.74) is 0. The molecule has 0 atom stereocenters. The zero-order valence-electron chi connectivity index (χ0n) is 8.33. The summed E-state index contributed by atoms with van der Waals surface area (Å²) in [6.45, 7) is 4.10. The lowest BCUT2D eigenvalue weighted by Gasteiger charge is -2.06. The zero-order valence-corrected chi connectivity index (χ0v) is 9.09. The molecule has 0 unspecified atom stereocenters. The lowest BCUT2D eigenvalue weighted by Crippen LogP contribution is -2.06. The number of rotatable bonds is 6. The summed E-state index contributed by atoms with van der Waals surface area (Å²) in [6.07, 6.45) is 1.04. The Morgan fingerprint density at radius 3 is 2.43 bits per heavy atom. The van der Waals surface area contributed by atoms with Crippen LogP contribution in [0.4, 0.5) is 0 Å². The molecule has 0 bridgehead atoms. The van der Waals surface area contributed by atoms with E-state index in [1.54, 1.807) is 0 Å². The Balaban J connectivity index is 2.15. The fourth-order valence-corrected chi connectivity index (χ4v) is 1.12. The van der Waals surface area contributed by atoms with Crippen molar-refractivity contribution in [2.24, 2.45) is 0 Å². The first-order valence-corrected chi connectivity index (χ1v) is 5.17. The van der Waals surface area contributed by atoms with Gasteiger partial charge in [0.1, 0.15) is 12.4 Å². The molecule has 0 heterocycles. The average molecular weight is 215 g/mol. The summed E-state index contributed by atoms with van der Waals surface area (Å²) in [4.78, 5) is 0. The van der Waals surface area contributed by atoms with E-state index < -0.39 is 0 Å². The SMILES string of the molecule is CCCOCCOc1ccc(Cl)cc1. The van der Waals surface area contributed by atoms with Crippen molar-refractivity contribution < 1.29 is 9.47 Å². The second-order valence-electron chi connectivity index (χ2n) is 2.91. The molecule has 2 nitrogen and oxygen atoms in total. The van der Waals surface area contributed by atoms with Crippen molar-refractivity contribution in [1.29, 1.82) is 0 Å². The second kappa shape index (κ2) is 6.68. The minimum atomic E-state index is 0.585. The zero-order chi connectivity index (χ0) is 10.2. The van der Waals surface area contributed by atoms with Gasteiger partial charge in [-0.25, -0.2) is 0 Å². The number of halogens is 1. The highest BCUT2D eigenvalue weighted by Crippen LogP contribution is 2.15. The summed E-state index contributed by atoms with van der Waals surface area (Å²) in [5, 5.41) is 0.722. The van der Waals surface area contributed by atoms with Crippen LogP contribution in [0.15, 0.2) is 24.3 Å². The highest BCUT2D eigenvalue weighted by molar-refractivity contribution is 6.30. The summed E-state index contributed by atoms with van der Waals surface area (Å²) in [5.74, 6) is 0.828. The van der Waals surface area contributed by atoms with Crippen molar-refractivity contribution in [3.8, 4) is 5.75 Å². The number of hydrogen-bond donors (Lipinski definition) is 0. The molecule has 0 spiro atoms. The molecule has 1 aromatic rings. The first-order chi connectivity index (χ1) is 6.83. The van der Waals surface area contributed by atoms with E-state index >= 15 is 0 Å². The van der Waals surface area contributed by atoms with E-state index in [9.17, 15) is 0 Å². The van der Waals surface area contributed by atoms with E-state index in [0.717, 1.165) is 23.8 Å². The molecule has 3 heteroatoms. The number of benzene rings is 1. The predicted molar refractivity (Wildman–Crippen MR) is 58.1 cm³/mol. The Morgan fingerprint density at radius 1 is 1.07 bits per heavy atom. The van der Waals surface area contributed by atoms with Crippen LogP contribution < -0.4 is 4.74 Å². The van der Waals surface area contributed by atoms with Gasteiger partial charge in [-0.2, -0.15) is 0 Å². The molecule has 1 rings (SSSR count). The fourth-order valence-electron chi connectivity index (χ4n) is 0.996. The molecular formula is C11H15ClO2. The molecule has 0 radical (unpaired) electrons. The molecule has 14 heavy (non-hydrogen) atoms. The molecule has 0 fully saturated rings. The Hall–Kier alpha value is -0.730. The predicted octanol–water partition coefficient (Wildman–Crippen LogP) is 3.15. The molecule has 0 aliphatic heterocycles. The summed E-state index contributed by atoms with van der Waals surface area (Å²) >= 11 is 5.73. The van der Waals surface area contributed by atoms with Crippen LogP contribution >= 0.6 is 11.6 Å². The maximum atomic E-state index is 5.73. The van der Waals surface area contributed by atoms with Crippen LogP contribution in [0.25, 0.3) is 0 Å². The van der Waals surface area contributed by atoms with Gasteiger partial charge in [0.15, 0.2) is 0 Å². The van der Waals surface area contributed by atoms with Crippen molar-refractivity contribution in [2.45, 2.75) is 13.3 Å². The van der Waals surface area contributed by atoms with Crippen molar-refractivity contribution in [2.75, 3.05) is 19.8 Å². The standard InChI is InChI=1S/C11H15ClO2/c1-2-7-13-8-9-14-11-5-3-10(12)4-6-11/h3-6H,2,7-9H2,1H3. The second-order valence-corrected chi connectivity index (χ2v) is 3.35. The molecular weight excluding hydrogens is 200 g/mol. The van der Waals surface area contributed by atoms with Crippen molar-refractivity contribution >= 4 is 11.6 Å². The van der Waals surface area contributed by atoms with E-state index in [0.29, 0.717) is 13.2 Å². The fraction of sp³-hybridized carbons (Fsp3) is 0.455. The van der Waals surface area contributed by atoms with Crippen LogP contribution in [-0.2, 0) is 4.74 Å². The topological polar surface area (TPSA) is 18.5 Å². The van der Waals surface area contributed by atoms with Gasteiger partial charge in [0.2, 0.25) is 0 Å². The Morgan fingerprint density at radius 2 is 1.79 bits per heavy atom. The Labute approximate surface area is 89.8 Å². The van der Waals surface area contributed by atoms with Crippen LogP contribution in [0.5, 0.6) is 5.75 Å². The van der Waals surface area contributed by atoms with Crippen LogP contribution in [0.3, 0.4) is 0 Å². The van der Waals surface area contributed by atoms with Crippen LogP contribution in [-0.4, -0.2) is 19.8 Å². The van der Waals surface area contributed by atoms with E-state index in [4.69, 9.17) is 21.1 Å². The highest BCUT2D eigenvalue weighted by atomic mass is 35.5. The monoisotopic (exact) mass is 214 g/mol. The molecule has 0 aliphatic carbocycles. The van der Waals surface area contributed by atoms with Gasteiger partial charge >= 0.3 is 0 Å². The van der Waals surface area contributed by atoms with E-state index in [1.165, 1.54) is 0 Å². The van der Waals surface area contributed by atoms with Crippen LogP contribution in [0.1, 0.15) is 13.3 Å². The summed E-state index contributed by atoms with van der Waals surface area (Å²) < 4.78 is 10.7. The molecule has 0 aromatic heterocycles. The third kappa shape index (κ3) is 4.49. The Kier molecular flexibility index (Phi) is 5.42. The third-order valence-corrected chi connectivity index (χ3v) is 1.91.